The lowest BCUT2D eigenvalue weighted by Gasteiger charge is -2.31. The van der Waals surface area contributed by atoms with E-state index < -0.39 is 0 Å². The number of hydrogen-bond acceptors (Lipinski definition) is 3. The van der Waals surface area contributed by atoms with Gasteiger partial charge in [-0.05, 0) is 68.4 Å². The van der Waals surface area contributed by atoms with Crippen molar-refractivity contribution in [2.75, 3.05) is 0 Å². The van der Waals surface area contributed by atoms with Gasteiger partial charge in [0.25, 0.3) is 0 Å². The van der Waals surface area contributed by atoms with Crippen LogP contribution in [0.2, 0.25) is 0 Å². The minimum atomic E-state index is 0.214. The van der Waals surface area contributed by atoms with Crippen LogP contribution in [0.25, 0.3) is 82.5 Å². The number of nitrogens with zero attached hydrogens (tertiary/aromatic N) is 2. The Morgan fingerprint density at radius 1 is 0.453 bits per heavy atom. The second-order valence-electron chi connectivity index (χ2n) is 14.1. The summed E-state index contributed by atoms with van der Waals surface area (Å²) in [5, 5.41) is 6.96. The first kappa shape index (κ1) is 29.8. The van der Waals surface area contributed by atoms with Crippen molar-refractivity contribution < 1.29 is 4.42 Å². The third kappa shape index (κ3) is 4.82. The molecule has 3 nitrogen and oxygen atoms in total. The zero-order chi connectivity index (χ0) is 34.9. The van der Waals surface area contributed by atoms with E-state index in [0.717, 1.165) is 60.6 Å². The number of aromatic nitrogens is 2. The molecular weight excluding hydrogens is 645 g/mol. The van der Waals surface area contributed by atoms with Crippen molar-refractivity contribution >= 4 is 60.1 Å². The third-order valence-electron chi connectivity index (χ3n) is 11.1. The second kappa shape index (κ2) is 11.9. The van der Waals surface area contributed by atoms with Crippen LogP contribution in [0.15, 0.2) is 192 Å². The number of fused-ring (bicyclic) bond motifs is 10. The van der Waals surface area contributed by atoms with Crippen LogP contribution in [0.3, 0.4) is 0 Å². The van der Waals surface area contributed by atoms with Gasteiger partial charge in [0.2, 0.25) is 0 Å². The molecule has 3 heteroatoms. The molecule has 0 saturated carbocycles. The molecule has 2 aliphatic carbocycles. The average Bonchev–Trinajstić information content (AvgIpc) is 3.61. The van der Waals surface area contributed by atoms with Crippen LogP contribution in [-0.2, 0) is 0 Å². The molecule has 0 N–H and O–H groups in total. The van der Waals surface area contributed by atoms with Gasteiger partial charge in [-0.3, -0.25) is 4.98 Å². The molecule has 0 aliphatic heterocycles. The standard InChI is InChI=1S/C50H32N2O/c1-2-16-39-37(34-23-26-48-45(29-34)42-19-7-8-22-47(42)53-48)25-24-36(38(39)15-1)33-13-9-11-31(27-33)32-12-10-14-35(28-32)46-30-51-49-43-20-5-3-17-40(43)41-18-4-6-21-44(41)50(49)52-46/h1-30,36,38H. The first-order valence-electron chi connectivity index (χ1n) is 18.2. The predicted molar refractivity (Wildman–Crippen MR) is 220 cm³/mol. The lowest BCUT2D eigenvalue weighted by Crippen LogP contribution is -2.16. The van der Waals surface area contributed by atoms with E-state index in [4.69, 9.17) is 14.4 Å². The van der Waals surface area contributed by atoms with Crippen LogP contribution in [0, 0.1) is 5.92 Å². The van der Waals surface area contributed by atoms with Gasteiger partial charge in [-0.25, -0.2) is 4.98 Å². The summed E-state index contributed by atoms with van der Waals surface area (Å²) >= 11 is 0. The fourth-order valence-electron chi connectivity index (χ4n) is 8.58. The van der Waals surface area contributed by atoms with Crippen LogP contribution < -0.4 is 0 Å². The van der Waals surface area contributed by atoms with Crippen LogP contribution >= 0.6 is 0 Å². The first-order chi connectivity index (χ1) is 26.3. The molecule has 248 valence electrons. The zero-order valence-corrected chi connectivity index (χ0v) is 28.8. The molecule has 2 atom stereocenters. The number of benzene rings is 7. The zero-order valence-electron chi connectivity index (χ0n) is 28.8. The van der Waals surface area contributed by atoms with Gasteiger partial charge in [0.15, 0.2) is 0 Å². The smallest absolute Gasteiger partial charge is 0.135 e. The topological polar surface area (TPSA) is 38.9 Å². The second-order valence-corrected chi connectivity index (χ2v) is 14.1. The minimum absolute atomic E-state index is 0.214. The molecule has 2 aromatic heterocycles. The van der Waals surface area contributed by atoms with E-state index in [1.54, 1.807) is 0 Å². The monoisotopic (exact) mass is 676 g/mol. The molecule has 0 amide bonds. The summed E-state index contributed by atoms with van der Waals surface area (Å²) in [6.07, 6.45) is 15.6. The molecule has 53 heavy (non-hydrogen) atoms. The SMILES string of the molecule is C1=CC2=C(c3ccc4oc5ccccc5c4c3)C=CC(c3cccc(-c4cccc(-c5cnc6c7ccccc7c7ccccc7c6n5)c4)c3)C2C=C1. The summed E-state index contributed by atoms with van der Waals surface area (Å²) in [5.74, 6) is 0.447. The number of furan rings is 1. The molecule has 0 radical (unpaired) electrons. The van der Waals surface area contributed by atoms with Gasteiger partial charge in [-0.2, -0.15) is 0 Å². The van der Waals surface area contributed by atoms with Crippen LogP contribution in [0.4, 0.5) is 0 Å². The quantitative estimate of drug-likeness (QED) is 0.174. The van der Waals surface area contributed by atoms with E-state index in [-0.39, 0.29) is 11.8 Å². The normalized spacial score (nSPS) is 16.8. The van der Waals surface area contributed by atoms with Gasteiger partial charge < -0.3 is 4.42 Å². The van der Waals surface area contributed by atoms with E-state index in [1.165, 1.54) is 38.6 Å². The van der Waals surface area contributed by atoms with Gasteiger partial charge >= 0.3 is 0 Å². The summed E-state index contributed by atoms with van der Waals surface area (Å²) in [5.41, 5.74) is 13.1. The Morgan fingerprint density at radius 2 is 1.15 bits per heavy atom. The van der Waals surface area contributed by atoms with Gasteiger partial charge in [-0.15, -0.1) is 0 Å². The summed E-state index contributed by atoms with van der Waals surface area (Å²) in [4.78, 5) is 10.3. The first-order valence-corrected chi connectivity index (χ1v) is 18.2. The van der Waals surface area contributed by atoms with Crippen LogP contribution in [0.5, 0.6) is 0 Å². The number of rotatable bonds is 4. The number of para-hydroxylation sites is 1. The van der Waals surface area contributed by atoms with Crippen molar-refractivity contribution in [2.24, 2.45) is 5.92 Å². The van der Waals surface area contributed by atoms with E-state index in [9.17, 15) is 0 Å². The summed E-state index contributed by atoms with van der Waals surface area (Å²) < 4.78 is 6.14. The maximum Gasteiger partial charge on any atom is 0.135 e. The lowest BCUT2D eigenvalue weighted by molar-refractivity contribution is 0.668. The molecular formula is C50H32N2O. The average molecular weight is 677 g/mol. The van der Waals surface area contributed by atoms with E-state index in [2.05, 4.69) is 164 Å². The fraction of sp³-hybridized carbons (Fsp3) is 0.0400. The Labute approximate surface area is 306 Å². The Balaban J connectivity index is 0.951. The van der Waals surface area contributed by atoms with Gasteiger partial charge in [0, 0.05) is 38.9 Å². The predicted octanol–water partition coefficient (Wildman–Crippen LogP) is 13.0. The summed E-state index contributed by atoms with van der Waals surface area (Å²) in [7, 11) is 0. The van der Waals surface area contributed by atoms with Gasteiger partial charge in [0.05, 0.1) is 22.9 Å². The molecule has 0 saturated heterocycles. The molecule has 0 fully saturated rings. The molecule has 11 rings (SSSR count). The maximum absolute atomic E-state index is 6.14. The highest BCUT2D eigenvalue weighted by Gasteiger charge is 2.28. The molecule has 0 spiro atoms. The van der Waals surface area contributed by atoms with Crippen molar-refractivity contribution in [1.29, 1.82) is 0 Å². The summed E-state index contributed by atoms with van der Waals surface area (Å²) in [6, 6.07) is 49.6. The number of allylic oxidation sites excluding steroid dienone is 8. The van der Waals surface area contributed by atoms with Crippen LogP contribution in [0.1, 0.15) is 17.0 Å². The largest absolute Gasteiger partial charge is 0.456 e. The van der Waals surface area contributed by atoms with Crippen molar-refractivity contribution in [2.45, 2.75) is 5.92 Å². The molecule has 2 unspecified atom stereocenters. The molecule has 2 heterocycles. The van der Waals surface area contributed by atoms with Gasteiger partial charge in [-0.1, -0.05) is 152 Å². The molecule has 7 aromatic carbocycles. The Hall–Kier alpha value is -6.84. The molecule has 2 aliphatic rings. The third-order valence-corrected chi connectivity index (χ3v) is 11.1. The lowest BCUT2D eigenvalue weighted by atomic mass is 9.72. The van der Waals surface area contributed by atoms with E-state index in [0.29, 0.717) is 0 Å². The Kier molecular flexibility index (Phi) is 6.68. The van der Waals surface area contributed by atoms with Crippen molar-refractivity contribution in [3.05, 3.63) is 199 Å². The molecule has 0 bridgehead atoms. The van der Waals surface area contributed by atoms with Crippen LogP contribution in [-0.4, -0.2) is 9.97 Å². The Bertz CT molecular complexity index is 3050. The molecule has 9 aromatic rings. The Morgan fingerprint density at radius 3 is 2.00 bits per heavy atom. The van der Waals surface area contributed by atoms with Gasteiger partial charge in [0.1, 0.15) is 11.2 Å². The highest BCUT2D eigenvalue weighted by Crippen LogP contribution is 2.45. The van der Waals surface area contributed by atoms with Crippen molar-refractivity contribution in [3.63, 3.8) is 0 Å². The summed E-state index contributed by atoms with van der Waals surface area (Å²) in [6.45, 7) is 0. The highest BCUT2D eigenvalue weighted by atomic mass is 16.3. The van der Waals surface area contributed by atoms with Crippen molar-refractivity contribution in [3.8, 4) is 22.4 Å². The fourth-order valence-corrected chi connectivity index (χ4v) is 8.58. The minimum Gasteiger partial charge on any atom is -0.456 e. The maximum atomic E-state index is 6.14. The van der Waals surface area contributed by atoms with E-state index in [1.807, 2.05) is 18.3 Å². The number of hydrogen-bond donors (Lipinski definition) is 0. The highest BCUT2D eigenvalue weighted by molar-refractivity contribution is 6.23. The van der Waals surface area contributed by atoms with E-state index >= 15 is 0 Å². The van der Waals surface area contributed by atoms with Crippen molar-refractivity contribution in [1.82, 2.24) is 9.97 Å².